The fraction of sp³-hybridized carbons (Fsp3) is 0.667. The molecule has 0 bridgehead atoms. The molecule has 0 spiro atoms. The van der Waals surface area contributed by atoms with Gasteiger partial charge in [0.25, 0.3) is 0 Å². The Morgan fingerprint density at radius 3 is 2.57 bits per heavy atom. The number of amides is 1. The molecule has 0 radical (unpaired) electrons. The summed E-state index contributed by atoms with van der Waals surface area (Å²) in [7, 11) is 0. The summed E-state index contributed by atoms with van der Waals surface area (Å²) in [6, 6.07) is 3.69. The molecule has 1 aromatic heterocycles. The monoisotopic (exact) mass is 320 g/mol. The molecule has 5 heteroatoms. The van der Waals surface area contributed by atoms with Crippen molar-refractivity contribution in [1.82, 2.24) is 10.3 Å². The highest BCUT2D eigenvalue weighted by Gasteiger charge is 2.45. The molecule has 2 unspecified atom stereocenters. The van der Waals surface area contributed by atoms with Crippen LogP contribution in [0.4, 0.5) is 4.79 Å². The second-order valence-corrected chi connectivity index (χ2v) is 7.56. The zero-order valence-electron chi connectivity index (χ0n) is 14.6. The van der Waals surface area contributed by atoms with E-state index in [-0.39, 0.29) is 0 Å². The van der Waals surface area contributed by atoms with Crippen LogP contribution < -0.4 is 5.32 Å². The fourth-order valence-electron chi connectivity index (χ4n) is 3.38. The molecule has 23 heavy (non-hydrogen) atoms. The minimum atomic E-state index is -0.938. The SMILES string of the molecule is CCC1(NC(=O)OC(C)(C)C)CCCC(O)(c2ccncc2)C1. The molecule has 128 valence electrons. The number of pyridine rings is 1. The van der Waals surface area contributed by atoms with Gasteiger partial charge >= 0.3 is 6.09 Å². The van der Waals surface area contributed by atoms with Gasteiger partial charge in [0.15, 0.2) is 0 Å². The second kappa shape index (κ2) is 6.48. The number of hydrogen-bond acceptors (Lipinski definition) is 4. The molecule has 5 nitrogen and oxygen atoms in total. The Morgan fingerprint density at radius 2 is 2.00 bits per heavy atom. The van der Waals surface area contributed by atoms with Gasteiger partial charge in [0.2, 0.25) is 0 Å². The molecule has 0 aliphatic heterocycles. The van der Waals surface area contributed by atoms with Crippen LogP contribution in [-0.4, -0.2) is 27.3 Å². The van der Waals surface area contributed by atoms with E-state index in [1.807, 2.05) is 39.8 Å². The highest BCUT2D eigenvalue weighted by atomic mass is 16.6. The Labute approximate surface area is 138 Å². The van der Waals surface area contributed by atoms with Gasteiger partial charge in [-0.3, -0.25) is 4.98 Å². The number of alkyl carbamates (subject to hydrolysis) is 1. The van der Waals surface area contributed by atoms with Crippen molar-refractivity contribution >= 4 is 6.09 Å². The Morgan fingerprint density at radius 1 is 1.35 bits per heavy atom. The first kappa shape index (κ1) is 17.7. The lowest BCUT2D eigenvalue weighted by Gasteiger charge is -2.45. The summed E-state index contributed by atoms with van der Waals surface area (Å²) in [5.41, 5.74) is -1.06. The molecular formula is C18H28N2O3. The maximum atomic E-state index is 12.2. The maximum absolute atomic E-state index is 12.2. The summed E-state index contributed by atoms with van der Waals surface area (Å²) in [6.45, 7) is 7.58. The summed E-state index contributed by atoms with van der Waals surface area (Å²) < 4.78 is 5.40. The van der Waals surface area contributed by atoms with Gasteiger partial charge in [-0.1, -0.05) is 6.92 Å². The molecule has 1 fully saturated rings. The van der Waals surface area contributed by atoms with E-state index in [0.717, 1.165) is 24.8 Å². The van der Waals surface area contributed by atoms with Gasteiger partial charge < -0.3 is 15.2 Å². The van der Waals surface area contributed by atoms with E-state index < -0.39 is 22.8 Å². The van der Waals surface area contributed by atoms with E-state index in [1.54, 1.807) is 12.4 Å². The third-order valence-electron chi connectivity index (χ3n) is 4.54. The zero-order chi connectivity index (χ0) is 17.1. The highest BCUT2D eigenvalue weighted by Crippen LogP contribution is 2.43. The molecular weight excluding hydrogens is 292 g/mol. The molecule has 0 saturated heterocycles. The molecule has 0 aromatic carbocycles. The molecule has 1 aromatic rings. The van der Waals surface area contributed by atoms with Gasteiger partial charge in [-0.25, -0.2) is 4.79 Å². The minimum Gasteiger partial charge on any atom is -0.444 e. The van der Waals surface area contributed by atoms with Crippen LogP contribution in [0.5, 0.6) is 0 Å². The van der Waals surface area contributed by atoms with Crippen LogP contribution >= 0.6 is 0 Å². The van der Waals surface area contributed by atoms with Crippen LogP contribution in [0.15, 0.2) is 24.5 Å². The molecule has 1 saturated carbocycles. The lowest BCUT2D eigenvalue weighted by molar-refractivity contribution is -0.0413. The third-order valence-corrected chi connectivity index (χ3v) is 4.54. The average molecular weight is 320 g/mol. The van der Waals surface area contributed by atoms with E-state index in [2.05, 4.69) is 10.3 Å². The normalized spacial score (nSPS) is 28.2. The van der Waals surface area contributed by atoms with Crippen molar-refractivity contribution in [3.8, 4) is 0 Å². The van der Waals surface area contributed by atoms with Crippen molar-refractivity contribution in [2.24, 2.45) is 0 Å². The smallest absolute Gasteiger partial charge is 0.408 e. The van der Waals surface area contributed by atoms with Crippen LogP contribution in [0.3, 0.4) is 0 Å². The molecule has 2 N–H and O–H groups in total. The first-order valence-electron chi connectivity index (χ1n) is 8.32. The highest BCUT2D eigenvalue weighted by molar-refractivity contribution is 5.68. The summed E-state index contributed by atoms with van der Waals surface area (Å²) >= 11 is 0. The van der Waals surface area contributed by atoms with Crippen molar-refractivity contribution in [2.75, 3.05) is 0 Å². The fourth-order valence-corrected chi connectivity index (χ4v) is 3.38. The maximum Gasteiger partial charge on any atom is 0.408 e. The topological polar surface area (TPSA) is 71.5 Å². The van der Waals surface area contributed by atoms with Crippen LogP contribution in [0.2, 0.25) is 0 Å². The summed E-state index contributed by atoms with van der Waals surface area (Å²) in [6.07, 6.45) is 6.58. The molecule has 2 rings (SSSR count). The number of carbonyl (C=O) groups is 1. The molecule has 1 heterocycles. The predicted octanol–water partition coefficient (Wildman–Crippen LogP) is 3.52. The molecule has 1 aliphatic rings. The number of carbonyl (C=O) groups excluding carboxylic acids is 1. The molecule has 1 amide bonds. The Kier molecular flexibility index (Phi) is 4.99. The summed E-state index contributed by atoms with van der Waals surface area (Å²) in [5.74, 6) is 0. The number of aromatic nitrogens is 1. The summed E-state index contributed by atoms with van der Waals surface area (Å²) in [5, 5.41) is 14.2. The lowest BCUT2D eigenvalue weighted by Crippen LogP contribution is -2.55. The number of nitrogens with zero attached hydrogens (tertiary/aromatic N) is 1. The zero-order valence-corrected chi connectivity index (χ0v) is 14.6. The number of nitrogens with one attached hydrogen (secondary N) is 1. The molecule has 1 aliphatic carbocycles. The standard InChI is InChI=1S/C18H28N2O3/c1-5-17(20-15(21)23-16(2,3)4)9-6-10-18(22,13-17)14-7-11-19-12-8-14/h7-8,11-12,22H,5-6,9-10,13H2,1-4H3,(H,20,21). The van der Waals surface area contributed by atoms with E-state index >= 15 is 0 Å². The van der Waals surface area contributed by atoms with Gasteiger partial charge in [-0.2, -0.15) is 0 Å². The van der Waals surface area contributed by atoms with E-state index in [4.69, 9.17) is 4.74 Å². The Balaban J connectivity index is 2.17. The lowest BCUT2D eigenvalue weighted by atomic mass is 9.69. The quantitative estimate of drug-likeness (QED) is 0.894. The largest absolute Gasteiger partial charge is 0.444 e. The number of ether oxygens (including phenoxy) is 1. The van der Waals surface area contributed by atoms with Crippen molar-refractivity contribution in [2.45, 2.75) is 76.5 Å². The second-order valence-electron chi connectivity index (χ2n) is 7.56. The van der Waals surface area contributed by atoms with Crippen molar-refractivity contribution in [3.05, 3.63) is 30.1 Å². The van der Waals surface area contributed by atoms with Gasteiger partial charge in [0.1, 0.15) is 5.60 Å². The average Bonchev–Trinajstić information content (AvgIpc) is 2.46. The van der Waals surface area contributed by atoms with Gasteiger partial charge in [-0.05, 0) is 64.2 Å². The van der Waals surface area contributed by atoms with Gasteiger partial charge in [0.05, 0.1) is 5.60 Å². The van der Waals surface area contributed by atoms with Crippen molar-refractivity contribution < 1.29 is 14.6 Å². The van der Waals surface area contributed by atoms with Gasteiger partial charge in [-0.15, -0.1) is 0 Å². The van der Waals surface area contributed by atoms with Crippen LogP contribution in [0, 0.1) is 0 Å². The number of hydrogen-bond donors (Lipinski definition) is 2. The van der Waals surface area contributed by atoms with E-state index in [9.17, 15) is 9.90 Å². The van der Waals surface area contributed by atoms with Crippen molar-refractivity contribution in [3.63, 3.8) is 0 Å². The Hall–Kier alpha value is -1.62. The predicted molar refractivity (Wildman–Crippen MR) is 89.0 cm³/mol. The van der Waals surface area contributed by atoms with Crippen LogP contribution in [0.1, 0.15) is 65.4 Å². The Bertz CT molecular complexity index is 541. The first-order chi connectivity index (χ1) is 10.7. The first-order valence-corrected chi connectivity index (χ1v) is 8.32. The van der Waals surface area contributed by atoms with Crippen LogP contribution in [0.25, 0.3) is 0 Å². The van der Waals surface area contributed by atoms with E-state index in [1.165, 1.54) is 0 Å². The van der Waals surface area contributed by atoms with Crippen molar-refractivity contribution in [1.29, 1.82) is 0 Å². The third kappa shape index (κ3) is 4.44. The molecule has 2 atom stereocenters. The number of rotatable bonds is 3. The minimum absolute atomic E-state index is 0.418. The van der Waals surface area contributed by atoms with E-state index in [0.29, 0.717) is 12.8 Å². The summed E-state index contributed by atoms with van der Waals surface area (Å²) in [4.78, 5) is 16.2. The number of aliphatic hydroxyl groups is 1. The van der Waals surface area contributed by atoms with Gasteiger partial charge in [0, 0.05) is 24.4 Å². The van der Waals surface area contributed by atoms with Crippen LogP contribution in [-0.2, 0) is 10.3 Å².